The van der Waals surface area contributed by atoms with Gasteiger partial charge in [0.1, 0.15) is 0 Å². The summed E-state index contributed by atoms with van der Waals surface area (Å²) in [6.07, 6.45) is 0. The summed E-state index contributed by atoms with van der Waals surface area (Å²) in [7, 11) is 9.37. The molecule has 0 aliphatic carbocycles. The van der Waals surface area contributed by atoms with Crippen LogP contribution in [-0.4, -0.2) is 42.7 Å². The van der Waals surface area contributed by atoms with E-state index < -0.39 is 0 Å². The van der Waals surface area contributed by atoms with E-state index in [4.69, 9.17) is 28.4 Å². The second-order valence-electron chi connectivity index (χ2n) is 4.71. The van der Waals surface area contributed by atoms with Gasteiger partial charge in [0.2, 0.25) is 11.5 Å². The Morgan fingerprint density at radius 1 is 0.583 bits per heavy atom. The fourth-order valence-corrected chi connectivity index (χ4v) is 2.47. The van der Waals surface area contributed by atoms with Crippen LogP contribution in [0.15, 0.2) is 18.2 Å². The highest BCUT2D eigenvalue weighted by atomic mass is 16.5. The average Bonchev–Trinajstić information content (AvgIpc) is 2.64. The van der Waals surface area contributed by atoms with Crippen molar-refractivity contribution in [3.05, 3.63) is 24.3 Å². The molecule has 6 nitrogen and oxygen atoms in total. The number of hydrogen-bond acceptors (Lipinski definition) is 6. The van der Waals surface area contributed by atoms with Gasteiger partial charge >= 0.3 is 0 Å². The lowest BCUT2D eigenvalue weighted by atomic mass is 10.0. The van der Waals surface area contributed by atoms with Crippen molar-refractivity contribution in [2.45, 2.75) is 0 Å². The van der Waals surface area contributed by atoms with Gasteiger partial charge in [-0.15, -0.1) is 0 Å². The lowest BCUT2D eigenvalue weighted by Crippen LogP contribution is -1.99. The number of rotatable bonds is 7. The van der Waals surface area contributed by atoms with Crippen LogP contribution in [0.25, 0.3) is 11.1 Å². The molecule has 0 atom stereocenters. The standard InChI is InChI=1S/C18H21O6/c1-19-13-8-7-12(16(22-4)18(13)24-6)11-9-14(20-2)17(23-5)15(10-11)21-3/h8-10H,1-6H3. The van der Waals surface area contributed by atoms with Crippen LogP contribution in [0.3, 0.4) is 0 Å². The van der Waals surface area contributed by atoms with Crippen LogP contribution in [0.2, 0.25) is 0 Å². The third-order valence-corrected chi connectivity index (χ3v) is 3.59. The van der Waals surface area contributed by atoms with Crippen molar-refractivity contribution in [1.29, 1.82) is 0 Å². The number of methoxy groups -OCH3 is 6. The molecule has 1 radical (unpaired) electrons. The Labute approximate surface area is 141 Å². The smallest absolute Gasteiger partial charge is 0.203 e. The molecule has 0 aromatic heterocycles. The zero-order chi connectivity index (χ0) is 17.7. The Hall–Kier alpha value is -2.76. The van der Waals surface area contributed by atoms with Crippen molar-refractivity contribution in [2.24, 2.45) is 0 Å². The van der Waals surface area contributed by atoms with Crippen molar-refractivity contribution in [2.75, 3.05) is 42.7 Å². The van der Waals surface area contributed by atoms with E-state index >= 15 is 0 Å². The molecule has 0 N–H and O–H groups in total. The molecule has 0 aliphatic rings. The van der Waals surface area contributed by atoms with Gasteiger partial charge in [-0.25, -0.2) is 0 Å². The Kier molecular flexibility index (Phi) is 5.63. The summed E-state index contributed by atoms with van der Waals surface area (Å²) < 4.78 is 32.4. The lowest BCUT2D eigenvalue weighted by molar-refractivity contribution is 0.323. The van der Waals surface area contributed by atoms with Crippen LogP contribution < -0.4 is 28.4 Å². The highest BCUT2D eigenvalue weighted by molar-refractivity contribution is 5.79. The van der Waals surface area contributed by atoms with Crippen LogP contribution in [0.1, 0.15) is 0 Å². The van der Waals surface area contributed by atoms with E-state index in [1.807, 2.05) is 12.1 Å². The average molecular weight is 333 g/mol. The first-order valence-electron chi connectivity index (χ1n) is 7.16. The van der Waals surface area contributed by atoms with Gasteiger partial charge in [-0.05, 0) is 29.8 Å². The molecule has 2 rings (SSSR count). The summed E-state index contributed by atoms with van der Waals surface area (Å²) in [5, 5.41) is 0. The molecule has 2 aromatic carbocycles. The molecule has 0 fully saturated rings. The van der Waals surface area contributed by atoms with Gasteiger partial charge in [0.15, 0.2) is 23.0 Å². The van der Waals surface area contributed by atoms with Gasteiger partial charge < -0.3 is 28.4 Å². The molecule has 0 saturated carbocycles. The Morgan fingerprint density at radius 3 is 1.50 bits per heavy atom. The Balaban J connectivity index is 2.72. The van der Waals surface area contributed by atoms with E-state index in [0.717, 1.165) is 5.56 Å². The van der Waals surface area contributed by atoms with Crippen LogP contribution >= 0.6 is 0 Å². The topological polar surface area (TPSA) is 55.4 Å². The molecule has 129 valence electrons. The molecule has 0 heterocycles. The minimum absolute atomic E-state index is 0.488. The van der Waals surface area contributed by atoms with Gasteiger partial charge in [-0.1, -0.05) is 0 Å². The fraction of sp³-hybridized carbons (Fsp3) is 0.333. The molecule has 2 aromatic rings. The first kappa shape index (κ1) is 17.6. The minimum Gasteiger partial charge on any atom is -0.493 e. The molecule has 24 heavy (non-hydrogen) atoms. The fourth-order valence-electron chi connectivity index (χ4n) is 2.47. The van der Waals surface area contributed by atoms with Gasteiger partial charge in [-0.2, -0.15) is 0 Å². The van der Waals surface area contributed by atoms with E-state index in [9.17, 15) is 0 Å². The van der Waals surface area contributed by atoms with Crippen molar-refractivity contribution in [3.63, 3.8) is 0 Å². The van der Waals surface area contributed by atoms with Crippen molar-refractivity contribution in [3.8, 4) is 45.6 Å². The maximum absolute atomic E-state index is 5.52. The van der Waals surface area contributed by atoms with Crippen LogP contribution in [0, 0.1) is 6.07 Å². The van der Waals surface area contributed by atoms with Crippen molar-refractivity contribution < 1.29 is 28.4 Å². The highest BCUT2D eigenvalue weighted by Gasteiger charge is 2.20. The number of benzene rings is 2. The quantitative estimate of drug-likeness (QED) is 0.775. The lowest BCUT2D eigenvalue weighted by Gasteiger charge is -2.18. The summed E-state index contributed by atoms with van der Waals surface area (Å²) in [6.45, 7) is 0. The van der Waals surface area contributed by atoms with Crippen LogP contribution in [0.4, 0.5) is 0 Å². The molecular formula is C18H21O6. The molecule has 0 amide bonds. The maximum Gasteiger partial charge on any atom is 0.203 e. The SMILES string of the molecule is COc1cc(-c2[c]cc(OC)c(OC)c2OC)cc(OC)c1OC. The van der Waals surface area contributed by atoms with E-state index in [1.54, 1.807) is 48.7 Å². The minimum atomic E-state index is 0.488. The predicted molar refractivity (Wildman–Crippen MR) is 90.0 cm³/mol. The van der Waals surface area contributed by atoms with Crippen molar-refractivity contribution >= 4 is 0 Å². The molecule has 0 bridgehead atoms. The largest absolute Gasteiger partial charge is 0.493 e. The van der Waals surface area contributed by atoms with Crippen LogP contribution in [0.5, 0.6) is 34.5 Å². The summed E-state index contributed by atoms with van der Waals surface area (Å²) in [4.78, 5) is 0. The van der Waals surface area contributed by atoms with E-state index in [-0.39, 0.29) is 0 Å². The van der Waals surface area contributed by atoms with Crippen LogP contribution in [-0.2, 0) is 0 Å². The summed E-state index contributed by atoms with van der Waals surface area (Å²) in [6, 6.07) is 8.49. The highest BCUT2D eigenvalue weighted by Crippen LogP contribution is 2.47. The zero-order valence-electron chi connectivity index (χ0n) is 14.7. The van der Waals surface area contributed by atoms with E-state index in [1.165, 1.54) is 0 Å². The monoisotopic (exact) mass is 333 g/mol. The molecular weight excluding hydrogens is 312 g/mol. The van der Waals surface area contributed by atoms with Gasteiger partial charge in [0.25, 0.3) is 0 Å². The molecule has 0 unspecified atom stereocenters. The summed E-state index contributed by atoms with van der Waals surface area (Å²) in [5.41, 5.74) is 1.47. The summed E-state index contributed by atoms with van der Waals surface area (Å²) in [5.74, 6) is 3.12. The normalized spacial score (nSPS) is 10.1. The third kappa shape index (κ3) is 2.99. The molecule has 0 spiro atoms. The second kappa shape index (κ2) is 7.68. The molecule has 0 aliphatic heterocycles. The second-order valence-corrected chi connectivity index (χ2v) is 4.71. The van der Waals surface area contributed by atoms with E-state index in [2.05, 4.69) is 6.07 Å². The number of hydrogen-bond donors (Lipinski definition) is 0. The zero-order valence-corrected chi connectivity index (χ0v) is 14.7. The third-order valence-electron chi connectivity index (χ3n) is 3.59. The first-order chi connectivity index (χ1) is 11.6. The van der Waals surface area contributed by atoms with Crippen molar-refractivity contribution in [1.82, 2.24) is 0 Å². The molecule has 0 saturated heterocycles. The first-order valence-corrected chi connectivity index (χ1v) is 7.16. The van der Waals surface area contributed by atoms with E-state index in [0.29, 0.717) is 40.1 Å². The summed E-state index contributed by atoms with van der Waals surface area (Å²) >= 11 is 0. The Bertz CT molecular complexity index is 686. The Morgan fingerprint density at radius 2 is 1.08 bits per heavy atom. The van der Waals surface area contributed by atoms with Gasteiger partial charge in [-0.3, -0.25) is 0 Å². The predicted octanol–water partition coefficient (Wildman–Crippen LogP) is 3.21. The van der Waals surface area contributed by atoms with Gasteiger partial charge in [0, 0.05) is 5.56 Å². The molecule has 6 heteroatoms. The maximum atomic E-state index is 5.52. The van der Waals surface area contributed by atoms with Gasteiger partial charge in [0.05, 0.1) is 42.7 Å². The number of ether oxygens (including phenoxy) is 6.